The lowest BCUT2D eigenvalue weighted by molar-refractivity contribution is -0.132. The van der Waals surface area contributed by atoms with Crippen LogP contribution in [0.25, 0.3) is 0 Å². The Morgan fingerprint density at radius 2 is 1.70 bits per heavy atom. The molecule has 40 heavy (non-hydrogen) atoms. The Hall–Kier alpha value is -4.08. The number of hydrogen-bond acceptors (Lipinski definition) is 6. The zero-order valence-corrected chi connectivity index (χ0v) is 24.0. The third-order valence-corrected chi connectivity index (χ3v) is 7.01. The maximum Gasteiger partial charge on any atom is 0.407 e. The number of guanidine groups is 1. The number of nitrogens with one attached hydrogen (secondary N) is 4. The molecular weight excluding hydrogens is 510 g/mol. The lowest BCUT2D eigenvalue weighted by Crippen LogP contribution is -2.50. The summed E-state index contributed by atoms with van der Waals surface area (Å²) in [6.45, 7) is 6.35. The topological polar surface area (TPSA) is 133 Å². The van der Waals surface area contributed by atoms with Crippen molar-refractivity contribution in [3.05, 3.63) is 65.7 Å². The largest absolute Gasteiger partial charge is 0.496 e. The fourth-order valence-electron chi connectivity index (χ4n) is 5.13. The van der Waals surface area contributed by atoms with Gasteiger partial charge in [0.1, 0.15) is 17.3 Å². The van der Waals surface area contributed by atoms with Crippen molar-refractivity contribution in [2.45, 2.75) is 64.1 Å². The van der Waals surface area contributed by atoms with E-state index in [1.165, 1.54) is 12.0 Å². The number of alkyl carbamates (subject to hydrolysis) is 1. The normalized spacial score (nSPS) is 18.2. The summed E-state index contributed by atoms with van der Waals surface area (Å²) in [5.41, 5.74) is 0.661. The van der Waals surface area contributed by atoms with Gasteiger partial charge in [0.15, 0.2) is 5.96 Å². The smallest absolute Gasteiger partial charge is 0.407 e. The van der Waals surface area contributed by atoms with E-state index in [1.54, 1.807) is 13.2 Å². The van der Waals surface area contributed by atoms with Crippen LogP contribution in [-0.4, -0.2) is 61.6 Å². The Kier molecular flexibility index (Phi) is 10.5. The quantitative estimate of drug-likeness (QED) is 0.301. The Balaban J connectivity index is 1.62. The number of methoxy groups -OCH3 is 2. The molecule has 4 N–H and O–H groups in total. The summed E-state index contributed by atoms with van der Waals surface area (Å²) in [5, 5.41) is 17.3. The van der Waals surface area contributed by atoms with Gasteiger partial charge in [0, 0.05) is 19.0 Å². The van der Waals surface area contributed by atoms with Crippen molar-refractivity contribution < 1.29 is 23.9 Å². The van der Waals surface area contributed by atoms with Crippen molar-refractivity contribution in [3.63, 3.8) is 0 Å². The van der Waals surface area contributed by atoms with Gasteiger partial charge in [0.2, 0.25) is 5.91 Å². The first-order valence-electron chi connectivity index (χ1n) is 13.6. The lowest BCUT2D eigenvalue weighted by atomic mass is 9.82. The van der Waals surface area contributed by atoms with E-state index in [1.807, 2.05) is 55.5 Å². The van der Waals surface area contributed by atoms with Crippen molar-refractivity contribution in [3.8, 4) is 5.75 Å². The average Bonchev–Trinajstić information content (AvgIpc) is 3.17. The number of ether oxygens (including phenoxy) is 2. The molecule has 1 saturated heterocycles. The van der Waals surface area contributed by atoms with Gasteiger partial charge in [-0.1, -0.05) is 62.4 Å². The molecule has 3 atom stereocenters. The summed E-state index contributed by atoms with van der Waals surface area (Å²) in [5.74, 6) is 0.464. The van der Waals surface area contributed by atoms with Gasteiger partial charge in [-0.3, -0.25) is 19.9 Å². The fraction of sp³-hybridized carbons (Fsp3) is 0.467. The van der Waals surface area contributed by atoms with Crippen LogP contribution in [0.3, 0.4) is 0 Å². The van der Waals surface area contributed by atoms with Crippen molar-refractivity contribution in [2.75, 3.05) is 20.8 Å². The second-order valence-electron chi connectivity index (χ2n) is 10.6. The molecule has 0 aromatic heterocycles. The third-order valence-electron chi connectivity index (χ3n) is 7.01. The number of nitrogens with zero attached hydrogens (tertiary/aromatic N) is 1. The maximum absolute atomic E-state index is 13.7. The van der Waals surface area contributed by atoms with Gasteiger partial charge in [0.25, 0.3) is 5.91 Å². The SMILES string of the molecule is COC(=O)N[C@@H](Cc1ccccc1OC)C(=O)NC(C)CCCN1C(=N)NC(CC(C)C)(c2ccccc2)C1=O. The summed E-state index contributed by atoms with van der Waals surface area (Å²) in [7, 11) is 2.80. The summed E-state index contributed by atoms with van der Waals surface area (Å²) in [6.07, 6.45) is 1.24. The predicted octanol–water partition coefficient (Wildman–Crippen LogP) is 3.56. The van der Waals surface area contributed by atoms with Crippen molar-refractivity contribution in [2.24, 2.45) is 5.92 Å². The molecule has 1 fully saturated rings. The molecule has 0 bridgehead atoms. The molecule has 0 spiro atoms. The van der Waals surface area contributed by atoms with Crippen LogP contribution in [0.5, 0.6) is 5.75 Å². The van der Waals surface area contributed by atoms with E-state index in [4.69, 9.17) is 14.9 Å². The zero-order valence-electron chi connectivity index (χ0n) is 24.0. The number of carbonyl (C=O) groups excluding carboxylic acids is 3. The van der Waals surface area contributed by atoms with Gasteiger partial charge >= 0.3 is 6.09 Å². The second-order valence-corrected chi connectivity index (χ2v) is 10.6. The van der Waals surface area contributed by atoms with Gasteiger partial charge < -0.3 is 25.4 Å². The van der Waals surface area contributed by atoms with Crippen LogP contribution in [0.2, 0.25) is 0 Å². The molecule has 10 nitrogen and oxygen atoms in total. The third kappa shape index (κ3) is 7.31. The van der Waals surface area contributed by atoms with Crippen molar-refractivity contribution in [1.29, 1.82) is 5.41 Å². The van der Waals surface area contributed by atoms with E-state index in [2.05, 4.69) is 29.8 Å². The maximum atomic E-state index is 13.7. The molecule has 1 aliphatic heterocycles. The van der Waals surface area contributed by atoms with Gasteiger partial charge in [-0.25, -0.2) is 4.79 Å². The molecule has 10 heteroatoms. The highest BCUT2D eigenvalue weighted by atomic mass is 16.5. The highest BCUT2D eigenvalue weighted by molar-refractivity contribution is 6.08. The minimum Gasteiger partial charge on any atom is -0.496 e. The molecule has 0 aliphatic carbocycles. The second kappa shape index (κ2) is 13.8. The molecule has 3 rings (SSSR count). The van der Waals surface area contributed by atoms with E-state index in [-0.39, 0.29) is 36.2 Å². The van der Waals surface area contributed by atoms with Gasteiger partial charge in [-0.15, -0.1) is 0 Å². The van der Waals surface area contributed by atoms with E-state index in [9.17, 15) is 14.4 Å². The summed E-state index contributed by atoms with van der Waals surface area (Å²) < 4.78 is 10.1. The minimum absolute atomic E-state index is 0.0883. The molecule has 216 valence electrons. The summed E-state index contributed by atoms with van der Waals surface area (Å²) >= 11 is 0. The number of rotatable bonds is 13. The number of carbonyl (C=O) groups is 3. The Morgan fingerprint density at radius 3 is 2.35 bits per heavy atom. The number of amides is 3. The van der Waals surface area contributed by atoms with Crippen LogP contribution in [0, 0.1) is 11.3 Å². The van der Waals surface area contributed by atoms with Crippen molar-refractivity contribution >= 4 is 23.9 Å². The van der Waals surface area contributed by atoms with Crippen LogP contribution in [0.15, 0.2) is 54.6 Å². The molecule has 2 unspecified atom stereocenters. The van der Waals surface area contributed by atoms with Gasteiger partial charge in [-0.05, 0) is 49.3 Å². The molecule has 2 aromatic carbocycles. The molecule has 2 aromatic rings. The van der Waals surface area contributed by atoms with Crippen molar-refractivity contribution in [1.82, 2.24) is 20.9 Å². The van der Waals surface area contributed by atoms with Crippen LogP contribution in [0.1, 0.15) is 51.2 Å². The highest BCUT2D eigenvalue weighted by Crippen LogP contribution is 2.35. The van der Waals surface area contributed by atoms with E-state index < -0.39 is 17.7 Å². The molecule has 1 aliphatic rings. The molecular formula is C30H41N5O5. The van der Waals surface area contributed by atoms with Crippen LogP contribution < -0.4 is 20.7 Å². The first kappa shape index (κ1) is 30.5. The zero-order chi connectivity index (χ0) is 29.3. The van der Waals surface area contributed by atoms with Crippen LogP contribution in [-0.2, 0) is 26.3 Å². The lowest BCUT2D eigenvalue weighted by Gasteiger charge is -2.29. The van der Waals surface area contributed by atoms with Gasteiger partial charge in [-0.2, -0.15) is 0 Å². The molecule has 3 amide bonds. The Morgan fingerprint density at radius 1 is 1.02 bits per heavy atom. The van der Waals surface area contributed by atoms with E-state index in [0.29, 0.717) is 31.6 Å². The minimum atomic E-state index is -0.961. The monoisotopic (exact) mass is 551 g/mol. The van der Waals surface area contributed by atoms with Crippen LogP contribution >= 0.6 is 0 Å². The average molecular weight is 552 g/mol. The Bertz CT molecular complexity index is 1190. The molecule has 0 radical (unpaired) electrons. The molecule has 0 saturated carbocycles. The predicted molar refractivity (Wildman–Crippen MR) is 153 cm³/mol. The number of benzene rings is 2. The highest BCUT2D eigenvalue weighted by Gasteiger charge is 2.50. The summed E-state index contributed by atoms with van der Waals surface area (Å²) in [4.78, 5) is 40.3. The molecule has 1 heterocycles. The van der Waals surface area contributed by atoms with E-state index >= 15 is 0 Å². The fourth-order valence-corrected chi connectivity index (χ4v) is 5.13. The standard InChI is InChI=1S/C30H41N5O5/c1-20(2)19-30(23-14-7-6-8-15-23)27(37)35(28(31)34-30)17-11-12-21(3)32-26(36)24(33-29(38)40-5)18-22-13-9-10-16-25(22)39-4/h6-10,13-16,20-21,24H,11-12,17-19H2,1-5H3,(H2,31,34)(H,32,36)(H,33,38)/t21?,24-,30?/m0/s1. The summed E-state index contributed by atoms with van der Waals surface area (Å²) in [6, 6.07) is 15.8. The van der Waals surface area contributed by atoms with Crippen LogP contribution in [0.4, 0.5) is 4.79 Å². The van der Waals surface area contributed by atoms with E-state index in [0.717, 1.165) is 11.1 Å². The van der Waals surface area contributed by atoms with Gasteiger partial charge in [0.05, 0.1) is 14.2 Å². The number of para-hydroxylation sites is 1. The first-order valence-corrected chi connectivity index (χ1v) is 13.6. The number of hydrogen-bond donors (Lipinski definition) is 4. The Labute approximate surface area is 236 Å². The first-order chi connectivity index (χ1) is 19.1.